The Bertz CT molecular complexity index is 327. The number of hydrogen-bond donors (Lipinski definition) is 1. The van der Waals surface area contributed by atoms with Gasteiger partial charge in [0.15, 0.2) is 0 Å². The van der Waals surface area contributed by atoms with Crippen molar-refractivity contribution < 1.29 is 9.90 Å². The zero-order chi connectivity index (χ0) is 12.4. The second-order valence-corrected chi connectivity index (χ2v) is 5.29. The van der Waals surface area contributed by atoms with E-state index in [-0.39, 0.29) is 0 Å². The van der Waals surface area contributed by atoms with Crippen LogP contribution in [0.5, 0.6) is 0 Å². The summed E-state index contributed by atoms with van der Waals surface area (Å²) in [4.78, 5) is 15.6. The molecule has 0 saturated carbocycles. The number of carbonyl (C=O) groups is 1. The van der Waals surface area contributed by atoms with E-state index in [0.717, 1.165) is 25.7 Å². The average Bonchev–Trinajstić information content (AvgIpc) is 2.51. The SMILES string of the molecule is CC(=CCN1CCC2CCC(C1)N2C)C(=O)O. The van der Waals surface area contributed by atoms with Crippen LogP contribution in [0.4, 0.5) is 0 Å². The van der Waals surface area contributed by atoms with Crippen molar-refractivity contribution in [1.29, 1.82) is 0 Å². The molecular formula is C13H22N2O2. The molecule has 0 radical (unpaired) electrons. The molecule has 1 N–H and O–H groups in total. The molecule has 2 bridgehead atoms. The number of fused-ring (bicyclic) bond motifs is 2. The molecule has 2 unspecified atom stereocenters. The second kappa shape index (κ2) is 5.19. The number of hydrogen-bond acceptors (Lipinski definition) is 3. The van der Waals surface area contributed by atoms with Gasteiger partial charge in [-0.15, -0.1) is 0 Å². The molecule has 2 rings (SSSR count). The van der Waals surface area contributed by atoms with Gasteiger partial charge in [-0.2, -0.15) is 0 Å². The van der Waals surface area contributed by atoms with Gasteiger partial charge in [-0.05, 0) is 33.2 Å². The van der Waals surface area contributed by atoms with E-state index in [1.165, 1.54) is 19.3 Å². The van der Waals surface area contributed by atoms with Crippen LogP contribution in [0.1, 0.15) is 26.2 Å². The predicted octanol–water partition coefficient (Wildman–Crippen LogP) is 1.19. The lowest BCUT2D eigenvalue weighted by Gasteiger charge is -2.24. The summed E-state index contributed by atoms with van der Waals surface area (Å²) in [6, 6.07) is 1.41. The van der Waals surface area contributed by atoms with Crippen molar-refractivity contribution in [3.63, 3.8) is 0 Å². The highest BCUT2D eigenvalue weighted by atomic mass is 16.4. The molecule has 0 aromatic heterocycles. The Morgan fingerprint density at radius 3 is 2.76 bits per heavy atom. The largest absolute Gasteiger partial charge is 0.478 e. The summed E-state index contributed by atoms with van der Waals surface area (Å²) in [5.41, 5.74) is 0.452. The summed E-state index contributed by atoms with van der Waals surface area (Å²) in [5.74, 6) is -0.807. The highest BCUT2D eigenvalue weighted by molar-refractivity contribution is 5.85. The van der Waals surface area contributed by atoms with Gasteiger partial charge in [0.1, 0.15) is 0 Å². The lowest BCUT2D eigenvalue weighted by molar-refractivity contribution is -0.132. The number of likely N-dealkylation sites (tertiary alicyclic amines) is 1. The van der Waals surface area contributed by atoms with Crippen LogP contribution in [0.3, 0.4) is 0 Å². The maximum absolute atomic E-state index is 10.7. The lowest BCUT2D eigenvalue weighted by Crippen LogP contribution is -2.36. The normalized spacial score (nSPS) is 31.5. The molecule has 2 fully saturated rings. The van der Waals surface area contributed by atoms with Crippen molar-refractivity contribution in [1.82, 2.24) is 9.80 Å². The summed E-state index contributed by atoms with van der Waals surface area (Å²) in [6.07, 6.45) is 5.67. The van der Waals surface area contributed by atoms with Crippen LogP contribution in [-0.4, -0.2) is 59.6 Å². The molecule has 0 amide bonds. The fourth-order valence-corrected chi connectivity index (χ4v) is 2.90. The van der Waals surface area contributed by atoms with E-state index in [4.69, 9.17) is 5.11 Å². The van der Waals surface area contributed by atoms with Crippen molar-refractivity contribution in [3.8, 4) is 0 Å². The Hall–Kier alpha value is -0.870. The third-order valence-corrected chi connectivity index (χ3v) is 4.23. The van der Waals surface area contributed by atoms with E-state index in [1.807, 2.05) is 6.08 Å². The zero-order valence-corrected chi connectivity index (χ0v) is 10.7. The number of aliphatic carboxylic acids is 1. The first kappa shape index (κ1) is 12.6. The minimum atomic E-state index is -0.807. The van der Waals surface area contributed by atoms with E-state index in [2.05, 4.69) is 16.8 Å². The molecule has 0 spiro atoms. The van der Waals surface area contributed by atoms with Crippen molar-refractivity contribution in [2.45, 2.75) is 38.3 Å². The third kappa shape index (κ3) is 2.87. The maximum Gasteiger partial charge on any atom is 0.330 e. The van der Waals surface area contributed by atoms with E-state index >= 15 is 0 Å². The van der Waals surface area contributed by atoms with E-state index in [1.54, 1.807) is 6.92 Å². The molecule has 0 aromatic rings. The smallest absolute Gasteiger partial charge is 0.330 e. The number of carboxylic acids is 1. The molecular weight excluding hydrogens is 216 g/mol. The molecule has 96 valence electrons. The summed E-state index contributed by atoms with van der Waals surface area (Å²) in [7, 11) is 2.23. The molecule has 2 aliphatic rings. The monoisotopic (exact) mass is 238 g/mol. The average molecular weight is 238 g/mol. The zero-order valence-electron chi connectivity index (χ0n) is 10.7. The summed E-state index contributed by atoms with van der Waals surface area (Å²) in [5, 5.41) is 8.82. The van der Waals surface area contributed by atoms with Gasteiger partial charge in [-0.1, -0.05) is 6.08 Å². The molecule has 2 heterocycles. The first-order chi connectivity index (χ1) is 8.08. The third-order valence-electron chi connectivity index (χ3n) is 4.23. The van der Waals surface area contributed by atoms with E-state index < -0.39 is 5.97 Å². The molecule has 0 aliphatic carbocycles. The molecule has 4 heteroatoms. The minimum Gasteiger partial charge on any atom is -0.478 e. The maximum atomic E-state index is 10.7. The topological polar surface area (TPSA) is 43.8 Å². The quantitative estimate of drug-likeness (QED) is 0.750. The molecule has 4 nitrogen and oxygen atoms in total. The van der Waals surface area contributed by atoms with Gasteiger partial charge >= 0.3 is 5.97 Å². The first-order valence-electron chi connectivity index (χ1n) is 6.42. The Labute approximate surface area is 103 Å². The van der Waals surface area contributed by atoms with Crippen LogP contribution >= 0.6 is 0 Å². The molecule has 17 heavy (non-hydrogen) atoms. The van der Waals surface area contributed by atoms with E-state index in [0.29, 0.717) is 11.6 Å². The summed E-state index contributed by atoms with van der Waals surface area (Å²) in [6.45, 7) is 4.61. The number of nitrogens with zero attached hydrogens (tertiary/aromatic N) is 2. The predicted molar refractivity (Wildman–Crippen MR) is 67.0 cm³/mol. The van der Waals surface area contributed by atoms with Crippen molar-refractivity contribution in [3.05, 3.63) is 11.6 Å². The van der Waals surface area contributed by atoms with Gasteiger partial charge in [0.05, 0.1) is 0 Å². The lowest BCUT2D eigenvalue weighted by atomic mass is 10.1. The first-order valence-corrected chi connectivity index (χ1v) is 6.42. The van der Waals surface area contributed by atoms with Crippen LogP contribution < -0.4 is 0 Å². The van der Waals surface area contributed by atoms with Crippen molar-refractivity contribution >= 4 is 5.97 Å². The van der Waals surface area contributed by atoms with Gasteiger partial charge in [0, 0.05) is 37.3 Å². The van der Waals surface area contributed by atoms with Gasteiger partial charge in [0.25, 0.3) is 0 Å². The highest BCUT2D eigenvalue weighted by Gasteiger charge is 2.34. The fourth-order valence-electron chi connectivity index (χ4n) is 2.90. The highest BCUT2D eigenvalue weighted by Crippen LogP contribution is 2.28. The number of carboxylic acid groups (broad SMARTS) is 1. The summed E-state index contributed by atoms with van der Waals surface area (Å²) >= 11 is 0. The van der Waals surface area contributed by atoms with Gasteiger partial charge < -0.3 is 5.11 Å². The van der Waals surface area contributed by atoms with Crippen molar-refractivity contribution in [2.75, 3.05) is 26.7 Å². The van der Waals surface area contributed by atoms with Crippen LogP contribution in [0, 0.1) is 0 Å². The fraction of sp³-hybridized carbons (Fsp3) is 0.769. The molecule has 0 aromatic carbocycles. The Balaban J connectivity index is 1.91. The van der Waals surface area contributed by atoms with Crippen LogP contribution in [0.25, 0.3) is 0 Å². The Morgan fingerprint density at radius 2 is 2.06 bits per heavy atom. The van der Waals surface area contributed by atoms with Gasteiger partial charge in [0.2, 0.25) is 0 Å². The second-order valence-electron chi connectivity index (χ2n) is 5.29. The number of likely N-dealkylation sites (N-methyl/N-ethyl adjacent to an activating group) is 1. The van der Waals surface area contributed by atoms with Crippen molar-refractivity contribution in [2.24, 2.45) is 0 Å². The molecule has 2 saturated heterocycles. The van der Waals surface area contributed by atoms with Crippen LogP contribution in [0.2, 0.25) is 0 Å². The van der Waals surface area contributed by atoms with Crippen LogP contribution in [0.15, 0.2) is 11.6 Å². The Morgan fingerprint density at radius 1 is 1.35 bits per heavy atom. The molecule has 2 aliphatic heterocycles. The van der Waals surface area contributed by atoms with Crippen LogP contribution in [-0.2, 0) is 4.79 Å². The standard InChI is InChI=1S/C13H22N2O2/c1-10(13(16)17)5-7-15-8-6-11-3-4-12(9-15)14(11)2/h5,11-12H,3-4,6-9H2,1-2H3,(H,16,17). The minimum absolute atomic E-state index is 0.452. The number of rotatable bonds is 3. The van der Waals surface area contributed by atoms with E-state index in [9.17, 15) is 4.79 Å². The summed E-state index contributed by atoms with van der Waals surface area (Å²) < 4.78 is 0. The van der Waals surface area contributed by atoms with Gasteiger partial charge in [-0.25, -0.2) is 4.79 Å². The Kier molecular flexibility index (Phi) is 3.84. The van der Waals surface area contributed by atoms with Gasteiger partial charge in [-0.3, -0.25) is 9.80 Å². The molecule has 2 atom stereocenters.